The van der Waals surface area contributed by atoms with Gasteiger partial charge in [0.15, 0.2) is 0 Å². The van der Waals surface area contributed by atoms with Crippen molar-refractivity contribution in [3.05, 3.63) is 95.1 Å². The normalized spacial score (nSPS) is 17.6. The Balaban J connectivity index is 1.43. The van der Waals surface area contributed by atoms with E-state index in [1.165, 1.54) is 61.8 Å². The Hall–Kier alpha value is -4.00. The molecule has 1 saturated heterocycles. The second kappa shape index (κ2) is 14.1. The predicted molar refractivity (Wildman–Crippen MR) is 146 cm³/mol. The minimum absolute atomic E-state index is 0.151. The van der Waals surface area contributed by atoms with Gasteiger partial charge in [-0.1, -0.05) is 24.3 Å². The molecule has 2 aromatic carbocycles. The third-order valence-electron chi connectivity index (χ3n) is 6.89. The Morgan fingerprint density at radius 3 is 2.27 bits per heavy atom. The molecule has 4 rings (SSSR count). The van der Waals surface area contributed by atoms with Crippen LogP contribution in [0.2, 0.25) is 0 Å². The zero-order chi connectivity index (χ0) is 29.4. The molecule has 12 heteroatoms. The van der Waals surface area contributed by atoms with Crippen LogP contribution < -0.4 is 21.7 Å². The zero-order valence-corrected chi connectivity index (χ0v) is 22.4. The summed E-state index contributed by atoms with van der Waals surface area (Å²) in [6.07, 6.45) is 2.34. The first-order valence-electron chi connectivity index (χ1n) is 13.1. The van der Waals surface area contributed by atoms with E-state index < -0.39 is 41.4 Å². The fourth-order valence-corrected chi connectivity index (χ4v) is 4.65. The van der Waals surface area contributed by atoms with Gasteiger partial charge in [0.2, 0.25) is 5.91 Å². The summed E-state index contributed by atoms with van der Waals surface area (Å²) in [6, 6.07) is 9.73. The molecular formula is C29H32F3N5O4. The van der Waals surface area contributed by atoms with Crippen LogP contribution in [0.25, 0.3) is 0 Å². The van der Waals surface area contributed by atoms with Gasteiger partial charge in [-0.3, -0.25) is 9.78 Å². The van der Waals surface area contributed by atoms with Crippen molar-refractivity contribution in [2.45, 2.75) is 36.9 Å². The highest BCUT2D eigenvalue weighted by Crippen LogP contribution is 2.29. The third-order valence-corrected chi connectivity index (χ3v) is 6.89. The molecule has 41 heavy (non-hydrogen) atoms. The molecule has 1 aromatic heterocycles. The molecule has 2 heterocycles. The lowest BCUT2D eigenvalue weighted by Crippen LogP contribution is -2.49. The van der Waals surface area contributed by atoms with E-state index in [2.05, 4.69) is 20.9 Å². The summed E-state index contributed by atoms with van der Waals surface area (Å²) in [5.41, 5.74) is 7.94. The number of anilines is 1. The summed E-state index contributed by atoms with van der Waals surface area (Å²) in [6.45, 7) is 0.934. The van der Waals surface area contributed by atoms with Crippen LogP contribution in [0.15, 0.2) is 60.9 Å². The molecule has 9 nitrogen and oxygen atoms in total. The minimum atomic E-state index is -1.18. The molecule has 5 N–H and O–H groups in total. The summed E-state index contributed by atoms with van der Waals surface area (Å²) in [4.78, 5) is 28.5. The quantitative estimate of drug-likeness (QED) is 0.294. The number of ether oxygens (including phenoxy) is 2. The standard InChI is InChI=1S/C29H32F3N5O4/c1-34-29(39)41-16-21-15-40-22(12-36-21)10-11-23-24(32)13-35-14-25(23)37-28(38)27(33)26(17-2-6-19(30)7-3-17)18-4-8-20(31)9-5-18/h2-9,13-14,21-22,26-27,36H,10-12,15-16,33H2,1H3,(H,34,39)(H,37,38)/t21-,22+,27?/m0/s1. The van der Waals surface area contributed by atoms with E-state index in [1.807, 2.05) is 0 Å². The van der Waals surface area contributed by atoms with Crippen LogP contribution in [0.5, 0.6) is 0 Å². The first-order valence-corrected chi connectivity index (χ1v) is 13.1. The number of carbonyl (C=O) groups excluding carboxylic acids is 2. The van der Waals surface area contributed by atoms with Gasteiger partial charge in [0.05, 0.1) is 42.9 Å². The van der Waals surface area contributed by atoms with Crippen LogP contribution in [-0.2, 0) is 20.7 Å². The number of nitrogens with zero attached hydrogens (tertiary/aromatic N) is 1. The van der Waals surface area contributed by atoms with Crippen LogP contribution in [0, 0.1) is 17.5 Å². The summed E-state index contributed by atoms with van der Waals surface area (Å²) >= 11 is 0. The first-order chi connectivity index (χ1) is 19.7. The summed E-state index contributed by atoms with van der Waals surface area (Å²) in [7, 11) is 1.47. The molecule has 0 aliphatic carbocycles. The monoisotopic (exact) mass is 571 g/mol. The van der Waals surface area contributed by atoms with Gasteiger partial charge in [-0.15, -0.1) is 0 Å². The summed E-state index contributed by atoms with van der Waals surface area (Å²) in [5.74, 6) is -2.85. The van der Waals surface area contributed by atoms with Gasteiger partial charge in [-0.05, 0) is 48.2 Å². The molecule has 1 unspecified atom stereocenters. The highest BCUT2D eigenvalue weighted by atomic mass is 19.1. The Labute approximate surface area is 235 Å². The van der Waals surface area contributed by atoms with Crippen LogP contribution in [0.3, 0.4) is 0 Å². The van der Waals surface area contributed by atoms with Crippen molar-refractivity contribution in [2.24, 2.45) is 5.73 Å². The van der Waals surface area contributed by atoms with Crippen molar-refractivity contribution in [1.82, 2.24) is 15.6 Å². The highest BCUT2D eigenvalue weighted by Gasteiger charge is 2.29. The number of morpholine rings is 1. The maximum Gasteiger partial charge on any atom is 0.406 e. The van der Waals surface area contributed by atoms with E-state index in [0.717, 1.165) is 6.20 Å². The van der Waals surface area contributed by atoms with Crippen molar-refractivity contribution in [3.63, 3.8) is 0 Å². The van der Waals surface area contributed by atoms with Gasteiger partial charge in [0, 0.05) is 25.1 Å². The van der Waals surface area contributed by atoms with E-state index in [0.29, 0.717) is 30.7 Å². The van der Waals surface area contributed by atoms with Gasteiger partial charge < -0.3 is 31.2 Å². The molecule has 3 aromatic rings. The number of hydrogen-bond acceptors (Lipinski definition) is 7. The lowest BCUT2D eigenvalue weighted by Gasteiger charge is -2.30. The number of nitrogens with one attached hydrogen (secondary N) is 3. The van der Waals surface area contributed by atoms with Crippen LogP contribution in [-0.4, -0.2) is 62.0 Å². The fourth-order valence-electron chi connectivity index (χ4n) is 4.65. The van der Waals surface area contributed by atoms with Crippen LogP contribution in [0.4, 0.5) is 23.7 Å². The largest absolute Gasteiger partial charge is 0.448 e. The van der Waals surface area contributed by atoms with Gasteiger partial charge >= 0.3 is 6.09 Å². The van der Waals surface area contributed by atoms with E-state index in [1.54, 1.807) is 0 Å². The lowest BCUT2D eigenvalue weighted by atomic mass is 9.85. The smallest absolute Gasteiger partial charge is 0.406 e. The molecule has 1 aliphatic rings. The van der Waals surface area contributed by atoms with Crippen molar-refractivity contribution < 1.29 is 32.2 Å². The zero-order valence-electron chi connectivity index (χ0n) is 22.4. The van der Waals surface area contributed by atoms with Crippen LogP contribution in [0.1, 0.15) is 29.0 Å². The molecule has 0 radical (unpaired) electrons. The molecule has 3 atom stereocenters. The summed E-state index contributed by atoms with van der Waals surface area (Å²) in [5, 5.41) is 8.31. The van der Waals surface area contributed by atoms with Gasteiger partial charge in [-0.25, -0.2) is 18.0 Å². The van der Waals surface area contributed by atoms with Crippen molar-refractivity contribution in [3.8, 4) is 0 Å². The molecule has 218 valence electrons. The van der Waals surface area contributed by atoms with E-state index in [-0.39, 0.29) is 36.4 Å². The van der Waals surface area contributed by atoms with E-state index >= 15 is 0 Å². The average molecular weight is 572 g/mol. The summed E-state index contributed by atoms with van der Waals surface area (Å²) < 4.78 is 53.0. The molecule has 0 spiro atoms. The maximum absolute atomic E-state index is 14.9. The minimum Gasteiger partial charge on any atom is -0.448 e. The Bertz CT molecular complexity index is 1270. The number of alkyl carbamates (subject to hydrolysis) is 1. The topological polar surface area (TPSA) is 128 Å². The SMILES string of the molecule is CNC(=O)OC[C@@H]1CO[C@H](CCc2c(F)cncc2NC(=O)C(N)C(c2ccc(F)cc2)c2ccc(F)cc2)CN1. The first kappa shape index (κ1) is 30.0. The molecule has 1 aliphatic heterocycles. The van der Waals surface area contributed by atoms with E-state index in [9.17, 15) is 22.8 Å². The third kappa shape index (κ3) is 8.03. The fraction of sp³-hybridized carbons (Fsp3) is 0.345. The number of rotatable bonds is 10. The number of pyridine rings is 1. The lowest BCUT2D eigenvalue weighted by molar-refractivity contribution is -0.117. The number of aromatic nitrogens is 1. The average Bonchev–Trinajstić information content (AvgIpc) is 2.98. The second-order valence-corrected chi connectivity index (χ2v) is 9.69. The number of halogens is 3. The Morgan fingerprint density at radius 2 is 1.71 bits per heavy atom. The molecule has 2 amide bonds. The highest BCUT2D eigenvalue weighted by molar-refractivity contribution is 5.96. The van der Waals surface area contributed by atoms with Crippen molar-refractivity contribution >= 4 is 17.7 Å². The number of amides is 2. The molecule has 0 bridgehead atoms. The molecule has 0 saturated carbocycles. The van der Waals surface area contributed by atoms with Crippen molar-refractivity contribution in [1.29, 1.82) is 0 Å². The second-order valence-electron chi connectivity index (χ2n) is 9.69. The van der Waals surface area contributed by atoms with Gasteiger partial charge in [0.1, 0.15) is 24.1 Å². The number of carbonyl (C=O) groups is 2. The molecular weight excluding hydrogens is 539 g/mol. The van der Waals surface area contributed by atoms with Gasteiger partial charge in [-0.2, -0.15) is 0 Å². The maximum atomic E-state index is 14.9. The Morgan fingerprint density at radius 1 is 1.07 bits per heavy atom. The Kier molecular flexibility index (Phi) is 10.3. The van der Waals surface area contributed by atoms with Crippen LogP contribution >= 0.6 is 0 Å². The number of nitrogens with two attached hydrogens (primary N) is 1. The van der Waals surface area contributed by atoms with Gasteiger partial charge in [0.25, 0.3) is 0 Å². The molecule has 1 fully saturated rings. The number of hydrogen-bond donors (Lipinski definition) is 4. The van der Waals surface area contributed by atoms with Crippen molar-refractivity contribution in [2.75, 3.05) is 32.1 Å². The van der Waals surface area contributed by atoms with E-state index in [4.69, 9.17) is 15.2 Å². The number of benzene rings is 2. The predicted octanol–water partition coefficient (Wildman–Crippen LogP) is 3.24.